The van der Waals surface area contributed by atoms with Crippen molar-refractivity contribution in [2.45, 2.75) is 70.5 Å². The summed E-state index contributed by atoms with van der Waals surface area (Å²) >= 11 is 0. The molecule has 0 aromatic heterocycles. The minimum absolute atomic E-state index is 0.0450. The van der Waals surface area contributed by atoms with E-state index in [9.17, 15) is 39.3 Å². The van der Waals surface area contributed by atoms with Gasteiger partial charge in [-0.25, -0.2) is 0 Å². The predicted octanol–water partition coefficient (Wildman–Crippen LogP) is 0.719. The monoisotopic (exact) mass is 485 g/mol. The van der Waals surface area contributed by atoms with Gasteiger partial charge in [-0.1, -0.05) is 40.7 Å². The van der Waals surface area contributed by atoms with Crippen molar-refractivity contribution in [2.24, 2.45) is 29.4 Å². The molecule has 1 aromatic rings. The second-order valence-electron chi connectivity index (χ2n) is 11.1. The van der Waals surface area contributed by atoms with E-state index in [0.29, 0.717) is 17.5 Å². The number of phenolic OH excluding ortho intramolecular Hbond substituents is 1. The van der Waals surface area contributed by atoms with Gasteiger partial charge in [0.05, 0.1) is 17.6 Å². The predicted molar refractivity (Wildman–Crippen MR) is 123 cm³/mol. The van der Waals surface area contributed by atoms with E-state index in [0.717, 1.165) is 5.56 Å². The van der Waals surface area contributed by atoms with Gasteiger partial charge < -0.3 is 21.1 Å². The van der Waals surface area contributed by atoms with E-state index in [4.69, 9.17) is 5.73 Å². The lowest BCUT2D eigenvalue weighted by atomic mass is 9.50. The number of primary amides is 1. The maximum absolute atomic E-state index is 13.9. The van der Waals surface area contributed by atoms with Crippen LogP contribution >= 0.6 is 0 Å². The molecule has 35 heavy (non-hydrogen) atoms. The van der Waals surface area contributed by atoms with Crippen LogP contribution in [0.3, 0.4) is 0 Å². The number of nitrogens with two attached hydrogens (primary N) is 1. The molecule has 0 bridgehead atoms. The van der Waals surface area contributed by atoms with Gasteiger partial charge in [0.25, 0.3) is 0 Å². The van der Waals surface area contributed by atoms with Gasteiger partial charge in [-0.3, -0.25) is 24.0 Å². The summed E-state index contributed by atoms with van der Waals surface area (Å²) in [7, 11) is 0. The van der Waals surface area contributed by atoms with Crippen molar-refractivity contribution in [3.05, 3.63) is 28.3 Å². The summed E-state index contributed by atoms with van der Waals surface area (Å²) in [6.07, 6.45) is -1.64. The number of aryl methyl sites for hydroxylation is 1. The molecule has 0 heterocycles. The van der Waals surface area contributed by atoms with Gasteiger partial charge in [-0.05, 0) is 28.9 Å². The number of hydrogen-bond donors (Lipinski definition) is 4. The average Bonchev–Trinajstić information content (AvgIpc) is 2.75. The molecule has 9 nitrogen and oxygen atoms in total. The largest absolute Gasteiger partial charge is 0.507 e. The number of rotatable bonds is 2. The zero-order valence-electron chi connectivity index (χ0n) is 20.4. The summed E-state index contributed by atoms with van der Waals surface area (Å²) < 4.78 is 0. The van der Waals surface area contributed by atoms with Crippen LogP contribution in [0.2, 0.25) is 0 Å². The summed E-state index contributed by atoms with van der Waals surface area (Å²) in [5.41, 5.74) is 3.53. The number of amides is 1. The van der Waals surface area contributed by atoms with Crippen molar-refractivity contribution in [1.82, 2.24) is 0 Å². The Morgan fingerprint density at radius 3 is 2.29 bits per heavy atom. The molecule has 0 spiro atoms. The van der Waals surface area contributed by atoms with Crippen molar-refractivity contribution in [3.8, 4) is 5.75 Å². The smallest absolute Gasteiger partial charge is 0.235 e. The second-order valence-corrected chi connectivity index (χ2v) is 11.1. The Balaban J connectivity index is 1.96. The number of carbonyl (C=O) groups is 5. The molecule has 1 amide bonds. The Morgan fingerprint density at radius 2 is 1.77 bits per heavy atom. The SMILES string of the molecule is CCc1cc(C(C)(C)C)c(O)c2c1[C@H](C)[C@@H]1C(C2=O)C(=O)[C@]2(O)C(=O)C(C(N)=O)C(=O)C[C@@H]2[C@H]1O. The molecule has 7 atom stereocenters. The van der Waals surface area contributed by atoms with Gasteiger partial charge in [0, 0.05) is 23.8 Å². The zero-order valence-corrected chi connectivity index (χ0v) is 20.4. The van der Waals surface area contributed by atoms with Gasteiger partial charge in [-0.15, -0.1) is 0 Å². The first-order chi connectivity index (χ1) is 16.1. The van der Waals surface area contributed by atoms with Gasteiger partial charge in [0.2, 0.25) is 5.91 Å². The molecular formula is C26H31NO8. The zero-order chi connectivity index (χ0) is 26.4. The van der Waals surface area contributed by atoms with Crippen molar-refractivity contribution in [1.29, 1.82) is 0 Å². The number of aliphatic hydroxyl groups is 2. The molecule has 4 rings (SSSR count). The standard InChI is InChI=1S/C26H31NO8/c1-6-10-7-11(25(3,4)5)19(29)17-14(10)9(2)15-18(21(17)31)23(33)26(35)12(20(15)30)8-13(28)16(22(26)32)24(27)34/h7,9,12,15-16,18,20,29-30,35H,6,8H2,1-5H3,(H2,27,34)/t9-,12+,15+,16?,18?,20+,26+/m0/s1. The summed E-state index contributed by atoms with van der Waals surface area (Å²) in [6.45, 7) is 9.23. The lowest BCUT2D eigenvalue weighted by molar-refractivity contribution is -0.189. The molecule has 9 heteroatoms. The number of hydrogen-bond acceptors (Lipinski definition) is 8. The Bertz CT molecular complexity index is 1190. The van der Waals surface area contributed by atoms with Gasteiger partial charge in [-0.2, -0.15) is 0 Å². The Morgan fingerprint density at radius 1 is 1.17 bits per heavy atom. The summed E-state index contributed by atoms with van der Waals surface area (Å²) in [5, 5.41) is 33.9. The van der Waals surface area contributed by atoms with E-state index < -0.39 is 82.2 Å². The molecule has 0 aliphatic heterocycles. The first-order valence-electron chi connectivity index (χ1n) is 11.8. The highest BCUT2D eigenvalue weighted by molar-refractivity contribution is 6.31. The van der Waals surface area contributed by atoms with Gasteiger partial charge in [0.15, 0.2) is 34.7 Å². The van der Waals surface area contributed by atoms with Crippen LogP contribution in [0, 0.1) is 23.7 Å². The van der Waals surface area contributed by atoms with E-state index in [1.165, 1.54) is 0 Å². The van der Waals surface area contributed by atoms with Crippen LogP contribution in [-0.2, 0) is 31.0 Å². The van der Waals surface area contributed by atoms with Crippen LogP contribution in [0.4, 0.5) is 0 Å². The topological polar surface area (TPSA) is 172 Å². The quantitative estimate of drug-likeness (QED) is 0.444. The highest BCUT2D eigenvalue weighted by Crippen LogP contribution is 2.55. The minimum Gasteiger partial charge on any atom is -0.507 e. The molecule has 3 aliphatic carbocycles. The first-order valence-corrected chi connectivity index (χ1v) is 11.8. The number of phenols is 1. The highest BCUT2D eigenvalue weighted by Gasteiger charge is 2.70. The summed E-state index contributed by atoms with van der Waals surface area (Å²) in [5.74, 6) is -12.6. The van der Waals surface area contributed by atoms with E-state index in [1.807, 2.05) is 33.8 Å². The molecule has 5 N–H and O–H groups in total. The number of fused-ring (bicyclic) bond motifs is 3. The molecule has 0 radical (unpaired) electrons. The summed E-state index contributed by atoms with van der Waals surface area (Å²) in [6, 6.07) is 1.83. The number of ketones is 4. The molecule has 1 aromatic carbocycles. The maximum atomic E-state index is 13.9. The lowest BCUT2D eigenvalue weighted by Gasteiger charge is -2.53. The number of aliphatic hydroxyl groups excluding tert-OH is 1. The van der Waals surface area contributed by atoms with Crippen molar-refractivity contribution >= 4 is 29.0 Å². The van der Waals surface area contributed by atoms with Crippen molar-refractivity contribution in [3.63, 3.8) is 0 Å². The molecule has 2 unspecified atom stereocenters. The maximum Gasteiger partial charge on any atom is 0.235 e. The number of benzene rings is 1. The Labute approximate surface area is 202 Å². The lowest BCUT2D eigenvalue weighted by Crippen LogP contribution is -2.72. The fraction of sp³-hybridized carbons (Fsp3) is 0.577. The van der Waals surface area contributed by atoms with Crippen LogP contribution in [0.5, 0.6) is 5.75 Å². The number of carbonyl (C=O) groups excluding carboxylic acids is 5. The third-order valence-electron chi connectivity index (χ3n) is 8.23. The fourth-order valence-corrected chi connectivity index (χ4v) is 6.47. The molecule has 2 fully saturated rings. The summed E-state index contributed by atoms with van der Waals surface area (Å²) in [4.78, 5) is 65.0. The Hall–Kier alpha value is -2.91. The van der Waals surface area contributed by atoms with Crippen LogP contribution < -0.4 is 5.73 Å². The van der Waals surface area contributed by atoms with Crippen LogP contribution in [0.15, 0.2) is 6.07 Å². The fourth-order valence-electron chi connectivity index (χ4n) is 6.47. The van der Waals surface area contributed by atoms with Crippen molar-refractivity contribution < 1.29 is 39.3 Å². The first kappa shape index (κ1) is 25.2. The molecule has 3 aliphatic rings. The Kier molecular flexibility index (Phi) is 5.61. The van der Waals surface area contributed by atoms with E-state index in [2.05, 4.69) is 0 Å². The molecular weight excluding hydrogens is 454 g/mol. The second kappa shape index (κ2) is 7.80. The van der Waals surface area contributed by atoms with Crippen LogP contribution in [0.1, 0.15) is 74.0 Å². The van der Waals surface area contributed by atoms with E-state index >= 15 is 0 Å². The molecule has 0 saturated heterocycles. The van der Waals surface area contributed by atoms with Crippen LogP contribution in [-0.4, -0.2) is 56.1 Å². The van der Waals surface area contributed by atoms with E-state index in [-0.39, 0.29) is 11.3 Å². The number of Topliss-reactive ketones (excluding diaryl/α,β-unsaturated/α-hetero) is 4. The third kappa shape index (κ3) is 3.17. The van der Waals surface area contributed by atoms with E-state index in [1.54, 1.807) is 6.92 Å². The minimum atomic E-state index is -2.91. The molecule has 2 saturated carbocycles. The van der Waals surface area contributed by atoms with Gasteiger partial charge >= 0.3 is 0 Å². The molecule has 188 valence electrons. The van der Waals surface area contributed by atoms with Crippen molar-refractivity contribution in [2.75, 3.05) is 0 Å². The normalized spacial score (nSPS) is 34.8. The van der Waals surface area contributed by atoms with Gasteiger partial charge in [0.1, 0.15) is 5.75 Å². The number of aromatic hydroxyl groups is 1. The third-order valence-corrected chi connectivity index (χ3v) is 8.23. The highest BCUT2D eigenvalue weighted by atomic mass is 16.3. The average molecular weight is 486 g/mol. The van der Waals surface area contributed by atoms with Crippen LogP contribution in [0.25, 0.3) is 0 Å².